The van der Waals surface area contributed by atoms with E-state index in [1.807, 2.05) is 36.7 Å². The molecule has 1 amide bonds. The molecular formula is C14H17N3OS. The Balaban J connectivity index is 2.11. The van der Waals surface area contributed by atoms with Gasteiger partial charge in [0, 0.05) is 18.9 Å². The lowest BCUT2D eigenvalue weighted by Gasteiger charge is -2.14. The third kappa shape index (κ3) is 3.32. The van der Waals surface area contributed by atoms with E-state index in [2.05, 4.69) is 15.6 Å². The van der Waals surface area contributed by atoms with Crippen molar-refractivity contribution in [2.75, 3.05) is 11.9 Å². The molecule has 0 aliphatic heterocycles. The number of nitrogens with one attached hydrogen (secondary N) is 2. The van der Waals surface area contributed by atoms with E-state index in [9.17, 15) is 4.79 Å². The van der Waals surface area contributed by atoms with Crippen LogP contribution in [0, 0.1) is 0 Å². The van der Waals surface area contributed by atoms with E-state index < -0.39 is 0 Å². The average Bonchev–Trinajstić information content (AvgIpc) is 2.93. The van der Waals surface area contributed by atoms with Crippen molar-refractivity contribution in [3.63, 3.8) is 0 Å². The maximum absolute atomic E-state index is 12.3. The van der Waals surface area contributed by atoms with E-state index in [0.29, 0.717) is 5.56 Å². The third-order valence-corrected chi connectivity index (χ3v) is 3.53. The fourth-order valence-corrected chi connectivity index (χ4v) is 2.55. The van der Waals surface area contributed by atoms with E-state index in [1.54, 1.807) is 23.7 Å². The molecule has 0 saturated carbocycles. The second kappa shape index (κ2) is 6.33. The van der Waals surface area contributed by atoms with Crippen molar-refractivity contribution in [2.24, 2.45) is 0 Å². The molecule has 100 valence electrons. The van der Waals surface area contributed by atoms with Gasteiger partial charge in [-0.1, -0.05) is 0 Å². The van der Waals surface area contributed by atoms with Crippen LogP contribution in [-0.4, -0.2) is 17.4 Å². The van der Waals surface area contributed by atoms with E-state index in [4.69, 9.17) is 0 Å². The topological polar surface area (TPSA) is 54.0 Å². The predicted octanol–water partition coefficient (Wildman–Crippen LogP) is 3.07. The van der Waals surface area contributed by atoms with Crippen LogP contribution in [0.1, 0.15) is 35.8 Å². The lowest BCUT2D eigenvalue weighted by Crippen LogP contribution is -2.27. The van der Waals surface area contributed by atoms with Crippen LogP contribution in [0.25, 0.3) is 0 Å². The molecule has 19 heavy (non-hydrogen) atoms. The number of amides is 1. The van der Waals surface area contributed by atoms with Crippen LogP contribution in [-0.2, 0) is 0 Å². The normalized spacial score (nSPS) is 11.9. The summed E-state index contributed by atoms with van der Waals surface area (Å²) in [6.45, 7) is 4.74. The highest BCUT2D eigenvalue weighted by Crippen LogP contribution is 2.18. The van der Waals surface area contributed by atoms with Crippen LogP contribution in [0.3, 0.4) is 0 Å². The summed E-state index contributed by atoms with van der Waals surface area (Å²) in [6.07, 6.45) is 3.27. The molecule has 2 aromatic rings. The highest BCUT2D eigenvalue weighted by Gasteiger charge is 2.14. The average molecular weight is 275 g/mol. The maximum Gasteiger partial charge on any atom is 0.255 e. The van der Waals surface area contributed by atoms with Crippen molar-refractivity contribution in [2.45, 2.75) is 19.9 Å². The lowest BCUT2D eigenvalue weighted by atomic mass is 10.1. The van der Waals surface area contributed by atoms with Crippen molar-refractivity contribution in [3.05, 3.63) is 46.4 Å². The zero-order valence-corrected chi connectivity index (χ0v) is 11.8. The van der Waals surface area contributed by atoms with Gasteiger partial charge in [0.05, 0.1) is 17.3 Å². The first-order chi connectivity index (χ1) is 9.22. The molecule has 2 aromatic heterocycles. The molecule has 5 heteroatoms. The van der Waals surface area contributed by atoms with Gasteiger partial charge in [0.15, 0.2) is 0 Å². The molecule has 0 aliphatic carbocycles. The molecule has 0 fully saturated rings. The predicted molar refractivity (Wildman–Crippen MR) is 78.6 cm³/mol. The number of nitrogens with zero attached hydrogens (tertiary/aromatic N) is 1. The smallest absolute Gasteiger partial charge is 0.255 e. The van der Waals surface area contributed by atoms with E-state index >= 15 is 0 Å². The quantitative estimate of drug-likeness (QED) is 0.881. The zero-order valence-electron chi connectivity index (χ0n) is 11.0. The molecule has 0 aliphatic rings. The number of carbonyl (C=O) groups excluding carboxylic acids is 1. The molecule has 0 bridgehead atoms. The number of aromatic nitrogens is 1. The zero-order chi connectivity index (χ0) is 13.7. The summed E-state index contributed by atoms with van der Waals surface area (Å²) < 4.78 is 0. The first kappa shape index (κ1) is 13.5. The molecule has 2 rings (SSSR count). The Hall–Kier alpha value is -1.88. The molecule has 0 saturated heterocycles. The number of rotatable bonds is 5. The van der Waals surface area contributed by atoms with Crippen molar-refractivity contribution >= 4 is 22.9 Å². The molecule has 1 unspecified atom stereocenters. The van der Waals surface area contributed by atoms with Crippen LogP contribution >= 0.6 is 11.3 Å². The van der Waals surface area contributed by atoms with Gasteiger partial charge in [-0.25, -0.2) is 0 Å². The van der Waals surface area contributed by atoms with Crippen molar-refractivity contribution in [1.82, 2.24) is 10.3 Å². The first-order valence-electron chi connectivity index (χ1n) is 6.23. The highest BCUT2D eigenvalue weighted by atomic mass is 32.1. The van der Waals surface area contributed by atoms with Gasteiger partial charge >= 0.3 is 0 Å². The van der Waals surface area contributed by atoms with Crippen LogP contribution in [0.4, 0.5) is 5.69 Å². The molecular weight excluding hydrogens is 258 g/mol. The number of hydrogen-bond donors (Lipinski definition) is 2. The van der Waals surface area contributed by atoms with Crippen molar-refractivity contribution < 1.29 is 4.79 Å². The SMILES string of the molecule is CCNc1ccncc1C(=O)NC(C)c1ccsc1. The lowest BCUT2D eigenvalue weighted by molar-refractivity contribution is 0.0940. The van der Waals surface area contributed by atoms with Gasteiger partial charge < -0.3 is 10.6 Å². The van der Waals surface area contributed by atoms with E-state index in [1.165, 1.54) is 0 Å². The number of anilines is 1. The van der Waals surface area contributed by atoms with Gasteiger partial charge in [-0.15, -0.1) is 0 Å². The number of thiophene rings is 1. The first-order valence-corrected chi connectivity index (χ1v) is 7.17. The van der Waals surface area contributed by atoms with Gasteiger partial charge in [-0.05, 0) is 42.3 Å². The Morgan fingerprint density at radius 3 is 3.00 bits per heavy atom. The minimum atomic E-state index is -0.109. The molecule has 2 N–H and O–H groups in total. The van der Waals surface area contributed by atoms with Crippen LogP contribution in [0.2, 0.25) is 0 Å². The number of pyridine rings is 1. The Kier molecular flexibility index (Phi) is 4.52. The molecule has 1 atom stereocenters. The second-order valence-corrected chi connectivity index (χ2v) is 4.98. The monoisotopic (exact) mass is 275 g/mol. The Labute approximate surface area is 116 Å². The van der Waals surface area contributed by atoms with Gasteiger partial charge in [0.1, 0.15) is 0 Å². The number of hydrogen-bond acceptors (Lipinski definition) is 4. The van der Waals surface area contributed by atoms with Crippen LogP contribution in [0.15, 0.2) is 35.3 Å². The van der Waals surface area contributed by atoms with Crippen molar-refractivity contribution in [1.29, 1.82) is 0 Å². The summed E-state index contributed by atoms with van der Waals surface area (Å²) in [7, 11) is 0. The summed E-state index contributed by atoms with van der Waals surface area (Å²) in [5.41, 5.74) is 2.51. The standard InChI is InChI=1S/C14H17N3OS/c1-3-16-13-4-6-15-8-12(13)14(18)17-10(2)11-5-7-19-9-11/h4-10H,3H2,1-2H3,(H,15,16)(H,17,18). The Morgan fingerprint density at radius 2 is 2.32 bits per heavy atom. The summed E-state index contributed by atoms with van der Waals surface area (Å²) in [5, 5.41) is 10.2. The second-order valence-electron chi connectivity index (χ2n) is 4.20. The molecule has 4 nitrogen and oxygen atoms in total. The van der Waals surface area contributed by atoms with Crippen LogP contribution < -0.4 is 10.6 Å². The molecule has 2 heterocycles. The summed E-state index contributed by atoms with van der Waals surface area (Å²) in [5.74, 6) is -0.109. The summed E-state index contributed by atoms with van der Waals surface area (Å²) in [6, 6.07) is 3.83. The molecule has 0 radical (unpaired) electrons. The van der Waals surface area contributed by atoms with Crippen LogP contribution in [0.5, 0.6) is 0 Å². The Morgan fingerprint density at radius 1 is 1.47 bits per heavy atom. The maximum atomic E-state index is 12.3. The fourth-order valence-electron chi connectivity index (χ4n) is 1.80. The van der Waals surface area contributed by atoms with E-state index in [0.717, 1.165) is 17.8 Å². The fraction of sp³-hybridized carbons (Fsp3) is 0.286. The number of carbonyl (C=O) groups is 1. The van der Waals surface area contributed by atoms with Crippen molar-refractivity contribution in [3.8, 4) is 0 Å². The molecule has 0 spiro atoms. The highest BCUT2D eigenvalue weighted by molar-refractivity contribution is 7.07. The summed E-state index contributed by atoms with van der Waals surface area (Å²) in [4.78, 5) is 16.3. The van der Waals surface area contributed by atoms with Gasteiger partial charge in [-0.2, -0.15) is 11.3 Å². The Bertz CT molecular complexity index is 539. The largest absolute Gasteiger partial charge is 0.385 e. The van der Waals surface area contributed by atoms with Gasteiger partial charge in [0.2, 0.25) is 0 Å². The van der Waals surface area contributed by atoms with E-state index in [-0.39, 0.29) is 11.9 Å². The third-order valence-electron chi connectivity index (χ3n) is 2.82. The van der Waals surface area contributed by atoms with Gasteiger partial charge in [-0.3, -0.25) is 9.78 Å². The van der Waals surface area contributed by atoms with Gasteiger partial charge in [0.25, 0.3) is 5.91 Å². The minimum absolute atomic E-state index is 0.00608. The summed E-state index contributed by atoms with van der Waals surface area (Å²) >= 11 is 1.63. The molecule has 0 aromatic carbocycles. The minimum Gasteiger partial charge on any atom is -0.385 e.